The number of rotatable bonds is 7. The fourth-order valence-corrected chi connectivity index (χ4v) is 3.12. The van der Waals surface area contributed by atoms with Crippen molar-refractivity contribution in [1.82, 2.24) is 14.9 Å². The number of aryl methyl sites for hydroxylation is 2. The Morgan fingerprint density at radius 2 is 2.25 bits per heavy atom. The molecule has 20 heavy (non-hydrogen) atoms. The Bertz CT molecular complexity index is 536. The van der Waals surface area contributed by atoms with Crippen molar-refractivity contribution in [3.8, 4) is 0 Å². The quantitative estimate of drug-likeness (QED) is 0.789. The first-order valence-electron chi connectivity index (χ1n) is 7.14. The summed E-state index contributed by atoms with van der Waals surface area (Å²) in [7, 11) is 0. The van der Waals surface area contributed by atoms with E-state index in [0.717, 1.165) is 24.7 Å². The van der Waals surface area contributed by atoms with Crippen molar-refractivity contribution in [2.24, 2.45) is 0 Å². The van der Waals surface area contributed by atoms with Crippen molar-refractivity contribution in [2.75, 3.05) is 12.3 Å². The number of hydrogen-bond acceptors (Lipinski definition) is 3. The average molecular weight is 289 g/mol. The zero-order valence-electron chi connectivity index (χ0n) is 12.5. The highest BCUT2D eigenvalue weighted by molar-refractivity contribution is 7.99. The van der Waals surface area contributed by atoms with Crippen LogP contribution in [0, 0.1) is 6.92 Å². The molecule has 2 rings (SSSR count). The standard InChI is InChI=1S/C16H23N3S/c1-4-17-13(2)15-6-5-7-16(12-15)20-11-10-19-9-8-18-14(19)3/h5-9,12-13,17H,4,10-11H2,1-3H3. The number of hydrogen-bond donors (Lipinski definition) is 1. The van der Waals surface area contributed by atoms with E-state index in [1.54, 1.807) is 0 Å². The minimum Gasteiger partial charge on any atom is -0.334 e. The van der Waals surface area contributed by atoms with Crippen LogP contribution in [0.5, 0.6) is 0 Å². The molecule has 1 heterocycles. The van der Waals surface area contributed by atoms with Gasteiger partial charge in [0.25, 0.3) is 0 Å². The van der Waals surface area contributed by atoms with Gasteiger partial charge >= 0.3 is 0 Å². The first-order valence-corrected chi connectivity index (χ1v) is 8.13. The SMILES string of the molecule is CCNC(C)c1cccc(SCCn2ccnc2C)c1. The molecule has 0 saturated heterocycles. The maximum Gasteiger partial charge on any atom is 0.105 e. The van der Waals surface area contributed by atoms with Gasteiger partial charge in [-0.15, -0.1) is 11.8 Å². The summed E-state index contributed by atoms with van der Waals surface area (Å²) in [6.07, 6.45) is 3.90. The van der Waals surface area contributed by atoms with Gasteiger partial charge in [0.05, 0.1) is 0 Å². The largest absolute Gasteiger partial charge is 0.334 e. The van der Waals surface area contributed by atoms with Crippen LogP contribution in [0.3, 0.4) is 0 Å². The maximum atomic E-state index is 4.25. The summed E-state index contributed by atoms with van der Waals surface area (Å²) >= 11 is 1.90. The Labute approximate surface area is 125 Å². The number of aromatic nitrogens is 2. The van der Waals surface area contributed by atoms with Gasteiger partial charge in [-0.05, 0) is 38.1 Å². The maximum absolute atomic E-state index is 4.25. The van der Waals surface area contributed by atoms with Gasteiger partial charge in [0, 0.05) is 35.6 Å². The third-order valence-electron chi connectivity index (χ3n) is 3.39. The molecule has 0 aliphatic rings. The third kappa shape index (κ3) is 4.12. The molecule has 4 heteroatoms. The van der Waals surface area contributed by atoms with Crippen molar-refractivity contribution in [1.29, 1.82) is 0 Å². The second-order valence-electron chi connectivity index (χ2n) is 4.87. The van der Waals surface area contributed by atoms with Crippen molar-refractivity contribution in [3.05, 3.63) is 48.0 Å². The summed E-state index contributed by atoms with van der Waals surface area (Å²) in [4.78, 5) is 5.58. The van der Waals surface area contributed by atoms with Gasteiger partial charge in [0.1, 0.15) is 5.82 Å². The highest BCUT2D eigenvalue weighted by Gasteiger charge is 2.04. The first-order chi connectivity index (χ1) is 9.70. The smallest absolute Gasteiger partial charge is 0.105 e. The van der Waals surface area contributed by atoms with Gasteiger partial charge in [-0.3, -0.25) is 0 Å². The van der Waals surface area contributed by atoms with E-state index in [9.17, 15) is 0 Å². The van der Waals surface area contributed by atoms with E-state index in [2.05, 4.69) is 53.0 Å². The Hall–Kier alpha value is -1.26. The van der Waals surface area contributed by atoms with Crippen LogP contribution in [-0.4, -0.2) is 21.8 Å². The highest BCUT2D eigenvalue weighted by Crippen LogP contribution is 2.22. The van der Waals surface area contributed by atoms with E-state index in [1.165, 1.54) is 10.5 Å². The first kappa shape index (κ1) is 15.1. The zero-order valence-corrected chi connectivity index (χ0v) is 13.3. The molecule has 1 unspecified atom stereocenters. The minimum atomic E-state index is 0.413. The molecule has 0 amide bonds. The fraction of sp³-hybridized carbons (Fsp3) is 0.438. The summed E-state index contributed by atoms with van der Waals surface area (Å²) in [6.45, 7) is 8.40. The number of benzene rings is 1. The van der Waals surface area contributed by atoms with Crippen LogP contribution in [0.4, 0.5) is 0 Å². The molecule has 0 radical (unpaired) electrons. The van der Waals surface area contributed by atoms with E-state index in [-0.39, 0.29) is 0 Å². The predicted molar refractivity (Wildman–Crippen MR) is 86.2 cm³/mol. The highest BCUT2D eigenvalue weighted by atomic mass is 32.2. The molecule has 0 bridgehead atoms. The molecule has 0 aliphatic carbocycles. The van der Waals surface area contributed by atoms with Crippen molar-refractivity contribution < 1.29 is 0 Å². The van der Waals surface area contributed by atoms with E-state index in [0.29, 0.717) is 6.04 Å². The lowest BCUT2D eigenvalue weighted by Gasteiger charge is -2.13. The molecule has 0 aliphatic heterocycles. The molecular weight excluding hydrogens is 266 g/mol. The molecule has 1 aromatic heterocycles. The molecule has 1 N–H and O–H groups in total. The molecular formula is C16H23N3S. The van der Waals surface area contributed by atoms with Crippen molar-refractivity contribution in [2.45, 2.75) is 38.3 Å². The molecule has 1 aromatic carbocycles. The van der Waals surface area contributed by atoms with Crippen molar-refractivity contribution >= 4 is 11.8 Å². The van der Waals surface area contributed by atoms with Gasteiger partial charge in [-0.1, -0.05) is 19.1 Å². The minimum absolute atomic E-state index is 0.413. The average Bonchev–Trinajstić information content (AvgIpc) is 2.85. The molecule has 1 atom stereocenters. The summed E-state index contributed by atoms with van der Waals surface area (Å²) in [5.74, 6) is 2.15. The third-order valence-corrected chi connectivity index (χ3v) is 4.37. The Morgan fingerprint density at radius 1 is 1.40 bits per heavy atom. The van der Waals surface area contributed by atoms with Crippen LogP contribution in [-0.2, 0) is 6.54 Å². The van der Waals surface area contributed by atoms with E-state index >= 15 is 0 Å². The number of nitrogens with zero attached hydrogens (tertiary/aromatic N) is 2. The number of imidazole rings is 1. The monoisotopic (exact) mass is 289 g/mol. The normalized spacial score (nSPS) is 12.6. The lowest BCUT2D eigenvalue weighted by atomic mass is 10.1. The van der Waals surface area contributed by atoms with Crippen LogP contribution in [0.25, 0.3) is 0 Å². The Morgan fingerprint density at radius 3 is 2.95 bits per heavy atom. The summed E-state index contributed by atoms with van der Waals surface area (Å²) in [5, 5.41) is 3.45. The van der Waals surface area contributed by atoms with Crippen LogP contribution in [0.2, 0.25) is 0 Å². The van der Waals surface area contributed by atoms with Gasteiger partial charge in [0.2, 0.25) is 0 Å². The van der Waals surface area contributed by atoms with Crippen LogP contribution in [0.15, 0.2) is 41.6 Å². The van der Waals surface area contributed by atoms with Gasteiger partial charge in [0.15, 0.2) is 0 Å². The fourth-order valence-electron chi connectivity index (χ4n) is 2.20. The number of thioether (sulfide) groups is 1. The van der Waals surface area contributed by atoms with Gasteiger partial charge in [-0.25, -0.2) is 4.98 Å². The van der Waals surface area contributed by atoms with E-state index in [4.69, 9.17) is 0 Å². The molecule has 108 valence electrons. The van der Waals surface area contributed by atoms with Crippen LogP contribution in [0.1, 0.15) is 31.3 Å². The Kier molecular flexibility index (Phi) is 5.68. The second-order valence-corrected chi connectivity index (χ2v) is 6.04. The lowest BCUT2D eigenvalue weighted by molar-refractivity contribution is 0.597. The molecule has 2 aromatic rings. The lowest BCUT2D eigenvalue weighted by Crippen LogP contribution is -2.17. The summed E-state index contributed by atoms with van der Waals surface area (Å²) < 4.78 is 2.19. The summed E-state index contributed by atoms with van der Waals surface area (Å²) in [6, 6.07) is 9.23. The molecule has 0 saturated carbocycles. The van der Waals surface area contributed by atoms with Crippen LogP contribution < -0.4 is 5.32 Å². The molecule has 0 fully saturated rings. The van der Waals surface area contributed by atoms with Crippen molar-refractivity contribution in [3.63, 3.8) is 0 Å². The zero-order chi connectivity index (χ0) is 14.4. The van der Waals surface area contributed by atoms with Crippen LogP contribution >= 0.6 is 11.8 Å². The Balaban J connectivity index is 1.90. The molecule has 3 nitrogen and oxygen atoms in total. The number of nitrogens with one attached hydrogen (secondary N) is 1. The second kappa shape index (κ2) is 7.50. The van der Waals surface area contributed by atoms with Gasteiger partial charge < -0.3 is 9.88 Å². The van der Waals surface area contributed by atoms with Gasteiger partial charge in [-0.2, -0.15) is 0 Å². The predicted octanol–water partition coefficient (Wildman–Crippen LogP) is 3.65. The summed E-state index contributed by atoms with van der Waals surface area (Å²) in [5.41, 5.74) is 1.36. The molecule has 0 spiro atoms. The van der Waals surface area contributed by atoms with E-state index in [1.807, 2.05) is 31.1 Å². The van der Waals surface area contributed by atoms with E-state index < -0.39 is 0 Å². The topological polar surface area (TPSA) is 29.9 Å².